The third kappa shape index (κ3) is 3.81. The van der Waals surface area contributed by atoms with E-state index in [1.54, 1.807) is 26.0 Å². The third-order valence-electron chi connectivity index (χ3n) is 2.21. The van der Waals surface area contributed by atoms with Crippen LogP contribution in [0.3, 0.4) is 0 Å². The monoisotopic (exact) mass is 300 g/mol. The number of hydrogen-bond acceptors (Lipinski definition) is 3. The van der Waals surface area contributed by atoms with E-state index in [1.807, 2.05) is 0 Å². The average molecular weight is 301 g/mol. The zero-order valence-electron chi connectivity index (χ0n) is 9.48. The van der Waals surface area contributed by atoms with Gasteiger partial charge in [-0.3, -0.25) is 4.79 Å². The Morgan fingerprint density at radius 1 is 1.41 bits per heavy atom. The topological polar surface area (TPSA) is 79.3 Å². The van der Waals surface area contributed by atoms with Crippen LogP contribution in [0, 0.1) is 5.92 Å². The highest BCUT2D eigenvalue weighted by molar-refractivity contribution is 9.10. The van der Waals surface area contributed by atoms with Crippen molar-refractivity contribution < 1.29 is 14.7 Å². The smallest absolute Gasteiger partial charge is 0.326 e. The number of nitrogens with one attached hydrogen (secondary N) is 1. The highest BCUT2D eigenvalue weighted by atomic mass is 79.9. The summed E-state index contributed by atoms with van der Waals surface area (Å²) in [5.74, 6) is -1.66. The molecule has 1 aromatic rings. The van der Waals surface area contributed by atoms with Crippen LogP contribution in [-0.4, -0.2) is 28.0 Å². The van der Waals surface area contributed by atoms with E-state index in [9.17, 15) is 9.59 Å². The lowest BCUT2D eigenvalue weighted by atomic mass is 10.0. The maximum atomic E-state index is 11.7. The standard InChI is InChI=1S/C11H13BrN2O3/c1-6(2)9(11(16)17)14-10(15)7-3-4-8(12)13-5-7/h3-6,9H,1-2H3,(H,14,15)(H,16,17)/t9-/m1/s1. The molecule has 0 unspecified atom stereocenters. The van der Waals surface area contributed by atoms with Gasteiger partial charge in [0.05, 0.1) is 5.56 Å². The van der Waals surface area contributed by atoms with Gasteiger partial charge in [-0.1, -0.05) is 13.8 Å². The second kappa shape index (κ2) is 5.77. The Morgan fingerprint density at radius 2 is 2.06 bits per heavy atom. The lowest BCUT2D eigenvalue weighted by Crippen LogP contribution is -2.44. The van der Waals surface area contributed by atoms with E-state index >= 15 is 0 Å². The van der Waals surface area contributed by atoms with E-state index in [-0.39, 0.29) is 5.92 Å². The van der Waals surface area contributed by atoms with Crippen LogP contribution >= 0.6 is 15.9 Å². The van der Waals surface area contributed by atoms with Crippen molar-refractivity contribution in [3.8, 4) is 0 Å². The van der Waals surface area contributed by atoms with Crippen LogP contribution in [0.5, 0.6) is 0 Å². The molecule has 6 heteroatoms. The number of carbonyl (C=O) groups excluding carboxylic acids is 1. The summed E-state index contributed by atoms with van der Waals surface area (Å²) in [6.07, 6.45) is 1.39. The predicted octanol–water partition coefficient (Wildman–Crippen LogP) is 1.68. The van der Waals surface area contributed by atoms with Gasteiger partial charge < -0.3 is 10.4 Å². The second-order valence-corrected chi connectivity index (χ2v) is 4.72. The van der Waals surface area contributed by atoms with E-state index < -0.39 is 17.9 Å². The Balaban J connectivity index is 2.77. The molecule has 1 atom stereocenters. The van der Waals surface area contributed by atoms with Gasteiger partial charge in [-0.2, -0.15) is 0 Å². The molecule has 0 aliphatic carbocycles. The molecule has 1 aromatic heterocycles. The fourth-order valence-electron chi connectivity index (χ4n) is 1.25. The minimum atomic E-state index is -1.04. The van der Waals surface area contributed by atoms with Crippen molar-refractivity contribution in [2.75, 3.05) is 0 Å². The van der Waals surface area contributed by atoms with Gasteiger partial charge in [0.2, 0.25) is 0 Å². The molecule has 0 aliphatic rings. The minimum Gasteiger partial charge on any atom is -0.480 e. The Kier molecular flexibility index (Phi) is 4.62. The number of carboxylic acids is 1. The van der Waals surface area contributed by atoms with E-state index in [2.05, 4.69) is 26.2 Å². The van der Waals surface area contributed by atoms with Gasteiger partial charge in [-0.05, 0) is 34.0 Å². The van der Waals surface area contributed by atoms with Gasteiger partial charge >= 0.3 is 5.97 Å². The fraction of sp³-hybridized carbons (Fsp3) is 0.364. The lowest BCUT2D eigenvalue weighted by Gasteiger charge is -2.17. The molecular formula is C11H13BrN2O3. The van der Waals surface area contributed by atoms with Crippen LogP contribution in [-0.2, 0) is 4.79 Å². The number of carbonyl (C=O) groups is 2. The van der Waals surface area contributed by atoms with Crippen LogP contribution in [0.25, 0.3) is 0 Å². The Hall–Kier alpha value is -1.43. The summed E-state index contributed by atoms with van der Waals surface area (Å²) in [7, 11) is 0. The number of hydrogen-bond donors (Lipinski definition) is 2. The molecule has 0 saturated heterocycles. The molecule has 0 fully saturated rings. The molecule has 5 nitrogen and oxygen atoms in total. The van der Waals surface area contributed by atoms with Crippen molar-refractivity contribution in [1.82, 2.24) is 10.3 Å². The van der Waals surface area contributed by atoms with Crippen molar-refractivity contribution in [3.05, 3.63) is 28.5 Å². The Labute approximate surface area is 107 Å². The molecule has 0 spiro atoms. The number of rotatable bonds is 4. The molecule has 0 bridgehead atoms. The highest BCUT2D eigenvalue weighted by Crippen LogP contribution is 2.08. The Bertz CT molecular complexity index is 417. The normalized spacial score (nSPS) is 12.2. The molecule has 0 aromatic carbocycles. The summed E-state index contributed by atoms with van der Waals surface area (Å²) in [5, 5.41) is 11.4. The summed E-state index contributed by atoms with van der Waals surface area (Å²) in [6.45, 7) is 3.47. The first-order valence-corrected chi connectivity index (χ1v) is 5.86. The van der Waals surface area contributed by atoms with E-state index in [4.69, 9.17) is 5.11 Å². The maximum Gasteiger partial charge on any atom is 0.326 e. The van der Waals surface area contributed by atoms with E-state index in [0.717, 1.165) is 0 Å². The zero-order chi connectivity index (χ0) is 13.0. The first-order chi connectivity index (χ1) is 7.91. The molecule has 17 heavy (non-hydrogen) atoms. The van der Waals surface area contributed by atoms with E-state index in [0.29, 0.717) is 10.2 Å². The average Bonchev–Trinajstić information content (AvgIpc) is 2.25. The lowest BCUT2D eigenvalue weighted by molar-refractivity contribution is -0.140. The number of carboxylic acid groups (broad SMARTS) is 1. The Morgan fingerprint density at radius 3 is 2.47 bits per heavy atom. The summed E-state index contributed by atoms with van der Waals surface area (Å²) in [5.41, 5.74) is 0.333. The molecule has 0 radical (unpaired) electrons. The number of amides is 1. The zero-order valence-corrected chi connectivity index (χ0v) is 11.1. The summed E-state index contributed by atoms with van der Waals surface area (Å²) < 4.78 is 0.618. The van der Waals surface area contributed by atoms with Gasteiger partial charge in [-0.25, -0.2) is 9.78 Å². The minimum absolute atomic E-state index is 0.181. The molecule has 0 saturated carbocycles. The van der Waals surface area contributed by atoms with Gasteiger partial charge in [0.15, 0.2) is 0 Å². The van der Waals surface area contributed by atoms with E-state index in [1.165, 1.54) is 6.20 Å². The molecule has 0 aliphatic heterocycles. The van der Waals surface area contributed by atoms with Crippen LogP contribution in [0.4, 0.5) is 0 Å². The maximum absolute atomic E-state index is 11.7. The highest BCUT2D eigenvalue weighted by Gasteiger charge is 2.23. The third-order valence-corrected chi connectivity index (χ3v) is 2.68. The molecule has 1 rings (SSSR count). The van der Waals surface area contributed by atoms with Gasteiger partial charge in [-0.15, -0.1) is 0 Å². The first-order valence-electron chi connectivity index (χ1n) is 5.07. The number of pyridine rings is 1. The summed E-state index contributed by atoms with van der Waals surface area (Å²) in [4.78, 5) is 26.6. The molecule has 1 amide bonds. The van der Waals surface area contributed by atoms with Crippen LogP contribution in [0.15, 0.2) is 22.9 Å². The number of nitrogens with zero attached hydrogens (tertiary/aromatic N) is 1. The van der Waals surface area contributed by atoms with Crippen molar-refractivity contribution in [2.24, 2.45) is 5.92 Å². The quantitative estimate of drug-likeness (QED) is 0.829. The predicted molar refractivity (Wildman–Crippen MR) is 65.7 cm³/mol. The van der Waals surface area contributed by atoms with Crippen molar-refractivity contribution in [3.63, 3.8) is 0 Å². The molecule has 92 valence electrons. The van der Waals surface area contributed by atoms with Crippen molar-refractivity contribution in [2.45, 2.75) is 19.9 Å². The van der Waals surface area contributed by atoms with Gasteiger partial charge in [0.1, 0.15) is 10.6 Å². The summed E-state index contributed by atoms with van der Waals surface area (Å²) >= 11 is 3.15. The van der Waals surface area contributed by atoms with Crippen molar-refractivity contribution >= 4 is 27.8 Å². The number of aliphatic carboxylic acids is 1. The van der Waals surface area contributed by atoms with Crippen LogP contribution in [0.2, 0.25) is 0 Å². The van der Waals surface area contributed by atoms with Crippen LogP contribution in [0.1, 0.15) is 24.2 Å². The summed E-state index contributed by atoms with van der Waals surface area (Å²) in [6, 6.07) is 2.30. The number of aromatic nitrogens is 1. The SMILES string of the molecule is CC(C)[C@@H](NC(=O)c1ccc(Br)nc1)C(=O)O. The number of halogens is 1. The fourth-order valence-corrected chi connectivity index (χ4v) is 1.48. The second-order valence-electron chi connectivity index (χ2n) is 3.90. The van der Waals surface area contributed by atoms with Gasteiger partial charge in [0, 0.05) is 6.20 Å². The first kappa shape index (κ1) is 13.6. The van der Waals surface area contributed by atoms with Crippen molar-refractivity contribution in [1.29, 1.82) is 0 Å². The molecule has 1 heterocycles. The molecular weight excluding hydrogens is 288 g/mol. The van der Waals surface area contributed by atoms with Crippen LogP contribution < -0.4 is 5.32 Å². The molecule has 2 N–H and O–H groups in total. The van der Waals surface area contributed by atoms with Gasteiger partial charge in [0.25, 0.3) is 5.91 Å². The largest absolute Gasteiger partial charge is 0.480 e.